The Labute approximate surface area is 87.2 Å². The zero-order valence-electron chi connectivity index (χ0n) is 8.88. The number of unbranched alkanes of at least 4 members (excludes halogenated alkanes) is 1. The highest BCUT2D eigenvalue weighted by Gasteiger charge is 2.10. The summed E-state index contributed by atoms with van der Waals surface area (Å²) in [7, 11) is 0. The summed E-state index contributed by atoms with van der Waals surface area (Å²) in [4.78, 5) is 0. The SMILES string of the molecule is CCC(C)CCCC[C]1CC=CS1. The number of hydrogen-bond donors (Lipinski definition) is 0. The minimum atomic E-state index is 0.930. The van der Waals surface area contributed by atoms with E-state index in [0.717, 1.165) is 5.92 Å². The van der Waals surface area contributed by atoms with Crippen LogP contribution in [-0.4, -0.2) is 0 Å². The van der Waals surface area contributed by atoms with Gasteiger partial charge in [0, 0.05) is 5.25 Å². The van der Waals surface area contributed by atoms with Crippen molar-refractivity contribution in [1.29, 1.82) is 0 Å². The van der Waals surface area contributed by atoms with Crippen LogP contribution in [0.3, 0.4) is 0 Å². The van der Waals surface area contributed by atoms with Crippen molar-refractivity contribution in [1.82, 2.24) is 0 Å². The average molecular weight is 197 g/mol. The molecule has 0 saturated carbocycles. The molecule has 1 atom stereocenters. The molecular formula is C12H21S. The van der Waals surface area contributed by atoms with E-state index in [2.05, 4.69) is 25.3 Å². The second-order valence-electron chi connectivity index (χ2n) is 3.99. The standard InChI is InChI=1S/C12H21S/c1-3-11(2)7-4-5-8-12-9-6-10-13-12/h6,10-11H,3-5,7-9H2,1-2H3. The van der Waals surface area contributed by atoms with Crippen LogP contribution in [0.5, 0.6) is 0 Å². The largest absolute Gasteiger partial charge is 0.126 e. The molecule has 1 radical (unpaired) electrons. The predicted molar refractivity (Wildman–Crippen MR) is 62.5 cm³/mol. The van der Waals surface area contributed by atoms with Crippen LogP contribution >= 0.6 is 11.8 Å². The fraction of sp³-hybridized carbons (Fsp3) is 0.750. The van der Waals surface area contributed by atoms with Gasteiger partial charge in [0.25, 0.3) is 0 Å². The minimum Gasteiger partial charge on any atom is -0.126 e. The molecule has 0 N–H and O–H groups in total. The summed E-state index contributed by atoms with van der Waals surface area (Å²) in [5, 5.41) is 3.90. The second-order valence-corrected chi connectivity index (χ2v) is 5.08. The highest BCUT2D eigenvalue weighted by molar-refractivity contribution is 8.05. The topological polar surface area (TPSA) is 0 Å². The lowest BCUT2D eigenvalue weighted by molar-refractivity contribution is 0.482. The molecule has 13 heavy (non-hydrogen) atoms. The minimum absolute atomic E-state index is 0.930. The van der Waals surface area contributed by atoms with Gasteiger partial charge >= 0.3 is 0 Å². The Morgan fingerprint density at radius 1 is 1.46 bits per heavy atom. The van der Waals surface area contributed by atoms with E-state index in [1.807, 2.05) is 11.8 Å². The van der Waals surface area contributed by atoms with Crippen LogP contribution in [-0.2, 0) is 0 Å². The van der Waals surface area contributed by atoms with E-state index in [1.165, 1.54) is 38.5 Å². The molecule has 0 amide bonds. The van der Waals surface area contributed by atoms with Gasteiger partial charge in [-0.15, -0.1) is 11.8 Å². The highest BCUT2D eigenvalue weighted by atomic mass is 32.2. The molecule has 1 rings (SSSR count). The molecule has 0 fully saturated rings. The van der Waals surface area contributed by atoms with E-state index < -0.39 is 0 Å². The first kappa shape index (κ1) is 11.2. The number of hydrogen-bond acceptors (Lipinski definition) is 1. The third-order valence-corrected chi connectivity index (χ3v) is 3.81. The Morgan fingerprint density at radius 2 is 2.31 bits per heavy atom. The van der Waals surface area contributed by atoms with Gasteiger partial charge in [-0.25, -0.2) is 0 Å². The van der Waals surface area contributed by atoms with Crippen molar-refractivity contribution in [2.45, 2.75) is 52.4 Å². The lowest BCUT2D eigenvalue weighted by Crippen LogP contribution is -1.93. The molecule has 1 aliphatic heterocycles. The van der Waals surface area contributed by atoms with E-state index >= 15 is 0 Å². The van der Waals surface area contributed by atoms with E-state index in [1.54, 1.807) is 5.25 Å². The summed E-state index contributed by atoms with van der Waals surface area (Å²) >= 11 is 1.94. The van der Waals surface area contributed by atoms with E-state index in [-0.39, 0.29) is 0 Å². The molecule has 0 aromatic heterocycles. The lowest BCUT2D eigenvalue weighted by atomic mass is 10.00. The second kappa shape index (κ2) is 6.53. The first-order valence-corrected chi connectivity index (χ1v) is 6.37. The lowest BCUT2D eigenvalue weighted by Gasteiger charge is -2.09. The smallest absolute Gasteiger partial charge is 0.0388 e. The number of allylic oxidation sites excluding steroid dienone is 1. The molecule has 0 aromatic carbocycles. The van der Waals surface area contributed by atoms with E-state index in [4.69, 9.17) is 0 Å². The molecule has 0 aromatic rings. The number of rotatable bonds is 6. The zero-order chi connectivity index (χ0) is 9.52. The van der Waals surface area contributed by atoms with Crippen LogP contribution in [0.1, 0.15) is 52.4 Å². The van der Waals surface area contributed by atoms with Gasteiger partial charge in [-0.05, 0) is 24.2 Å². The van der Waals surface area contributed by atoms with Crippen LogP contribution in [0.4, 0.5) is 0 Å². The fourth-order valence-electron chi connectivity index (χ4n) is 1.55. The van der Waals surface area contributed by atoms with Gasteiger partial charge in [0.2, 0.25) is 0 Å². The summed E-state index contributed by atoms with van der Waals surface area (Å²) < 4.78 is 0. The maximum absolute atomic E-state index is 2.36. The Kier molecular flexibility index (Phi) is 5.61. The van der Waals surface area contributed by atoms with Gasteiger partial charge in [-0.1, -0.05) is 45.6 Å². The molecule has 0 spiro atoms. The van der Waals surface area contributed by atoms with E-state index in [9.17, 15) is 0 Å². The van der Waals surface area contributed by atoms with Gasteiger partial charge in [0.05, 0.1) is 0 Å². The molecule has 75 valence electrons. The highest BCUT2D eigenvalue weighted by Crippen LogP contribution is 2.35. The summed E-state index contributed by atoms with van der Waals surface area (Å²) in [5.74, 6) is 0.930. The Morgan fingerprint density at radius 3 is 2.92 bits per heavy atom. The zero-order valence-corrected chi connectivity index (χ0v) is 9.70. The van der Waals surface area contributed by atoms with Crippen molar-refractivity contribution in [3.63, 3.8) is 0 Å². The fourth-order valence-corrected chi connectivity index (χ4v) is 2.39. The summed E-state index contributed by atoms with van der Waals surface area (Å²) in [6.45, 7) is 4.65. The molecule has 1 heteroatoms. The Hall–Kier alpha value is 0.0900. The predicted octanol–water partition coefficient (Wildman–Crippen LogP) is 4.78. The Balaban J connectivity index is 1.89. The first-order valence-electron chi connectivity index (χ1n) is 5.49. The van der Waals surface area contributed by atoms with Crippen molar-refractivity contribution in [2.24, 2.45) is 5.92 Å². The third kappa shape index (κ3) is 4.75. The van der Waals surface area contributed by atoms with Gasteiger partial charge < -0.3 is 0 Å². The Bertz CT molecular complexity index is 143. The van der Waals surface area contributed by atoms with Crippen LogP contribution in [0.2, 0.25) is 0 Å². The van der Waals surface area contributed by atoms with Gasteiger partial charge in [-0.3, -0.25) is 0 Å². The summed E-state index contributed by atoms with van der Waals surface area (Å²) in [6, 6.07) is 0. The van der Waals surface area contributed by atoms with Gasteiger partial charge in [0.15, 0.2) is 0 Å². The molecule has 0 saturated heterocycles. The van der Waals surface area contributed by atoms with Crippen molar-refractivity contribution in [3.05, 3.63) is 16.7 Å². The third-order valence-electron chi connectivity index (χ3n) is 2.78. The molecule has 0 aliphatic carbocycles. The quantitative estimate of drug-likeness (QED) is 0.552. The van der Waals surface area contributed by atoms with Crippen molar-refractivity contribution in [3.8, 4) is 0 Å². The van der Waals surface area contributed by atoms with E-state index in [0.29, 0.717) is 0 Å². The molecule has 0 nitrogen and oxygen atoms in total. The molecule has 1 aliphatic rings. The molecule has 1 heterocycles. The van der Waals surface area contributed by atoms with Crippen molar-refractivity contribution in [2.75, 3.05) is 0 Å². The monoisotopic (exact) mass is 197 g/mol. The average Bonchev–Trinajstić information content (AvgIpc) is 2.64. The summed E-state index contributed by atoms with van der Waals surface area (Å²) in [6.07, 6.45) is 10.4. The molecule has 1 unspecified atom stereocenters. The maximum atomic E-state index is 2.36. The first-order chi connectivity index (χ1) is 6.33. The normalized spacial score (nSPS) is 19.5. The number of thioether (sulfide) groups is 1. The van der Waals surface area contributed by atoms with Gasteiger partial charge in [-0.2, -0.15) is 0 Å². The van der Waals surface area contributed by atoms with Crippen LogP contribution in [0.15, 0.2) is 11.5 Å². The van der Waals surface area contributed by atoms with Crippen LogP contribution < -0.4 is 0 Å². The summed E-state index contributed by atoms with van der Waals surface area (Å²) in [5.41, 5.74) is 0. The maximum Gasteiger partial charge on any atom is 0.0388 e. The molecule has 0 bridgehead atoms. The molecular weight excluding hydrogens is 176 g/mol. The van der Waals surface area contributed by atoms with Crippen molar-refractivity contribution >= 4 is 11.8 Å². The van der Waals surface area contributed by atoms with Gasteiger partial charge in [0.1, 0.15) is 0 Å². The van der Waals surface area contributed by atoms with Crippen LogP contribution in [0, 0.1) is 11.2 Å². The van der Waals surface area contributed by atoms with Crippen LogP contribution in [0.25, 0.3) is 0 Å². The van der Waals surface area contributed by atoms with Crippen molar-refractivity contribution < 1.29 is 0 Å².